The van der Waals surface area contributed by atoms with Gasteiger partial charge in [0.1, 0.15) is 0 Å². The van der Waals surface area contributed by atoms with E-state index >= 15 is 0 Å². The molecule has 0 radical (unpaired) electrons. The van der Waals surface area contributed by atoms with Gasteiger partial charge in [0.25, 0.3) is 0 Å². The topological polar surface area (TPSA) is 66.9 Å². The normalized spacial score (nSPS) is 22.7. The number of benzene rings is 1. The lowest BCUT2D eigenvalue weighted by Gasteiger charge is -2.34. The van der Waals surface area contributed by atoms with Crippen molar-refractivity contribution in [2.24, 2.45) is 0 Å². The van der Waals surface area contributed by atoms with Crippen LogP contribution in [0.5, 0.6) is 0 Å². The van der Waals surface area contributed by atoms with Gasteiger partial charge in [0.15, 0.2) is 0 Å². The molecule has 0 unspecified atom stereocenters. The first-order valence-electron chi connectivity index (χ1n) is 9.91. The summed E-state index contributed by atoms with van der Waals surface area (Å²) in [6.07, 6.45) is 3.41. The number of piperazine rings is 1. The van der Waals surface area contributed by atoms with Gasteiger partial charge in [0.2, 0.25) is 15.9 Å². The van der Waals surface area contributed by atoms with E-state index in [1.165, 1.54) is 4.31 Å². The number of hydrogen-bond acceptors (Lipinski definition) is 4. The highest BCUT2D eigenvalue weighted by Gasteiger charge is 2.31. The van der Waals surface area contributed by atoms with E-state index in [1.807, 2.05) is 12.1 Å². The van der Waals surface area contributed by atoms with E-state index in [9.17, 15) is 13.2 Å². The van der Waals surface area contributed by atoms with Crippen LogP contribution in [0.15, 0.2) is 29.2 Å². The van der Waals surface area contributed by atoms with Gasteiger partial charge in [0.05, 0.1) is 17.4 Å². The van der Waals surface area contributed by atoms with Crippen LogP contribution in [0, 0.1) is 0 Å². The van der Waals surface area contributed by atoms with Crippen molar-refractivity contribution < 1.29 is 17.9 Å². The van der Waals surface area contributed by atoms with Crippen molar-refractivity contribution in [2.45, 2.75) is 56.4 Å². The zero-order valence-electron chi connectivity index (χ0n) is 16.3. The maximum absolute atomic E-state index is 12.9. The average Bonchev–Trinajstić information content (AvgIpc) is 3.20. The highest BCUT2D eigenvalue weighted by atomic mass is 32.2. The molecule has 2 fully saturated rings. The first-order chi connectivity index (χ1) is 12.9. The van der Waals surface area contributed by atoms with Crippen molar-refractivity contribution in [3.8, 4) is 0 Å². The number of hydrogen-bond donors (Lipinski definition) is 0. The Morgan fingerprint density at radius 2 is 1.85 bits per heavy atom. The van der Waals surface area contributed by atoms with Gasteiger partial charge in [0, 0.05) is 32.8 Å². The first-order valence-corrected chi connectivity index (χ1v) is 11.3. The molecule has 1 aromatic carbocycles. The quantitative estimate of drug-likeness (QED) is 0.744. The molecular weight excluding hydrogens is 364 g/mol. The summed E-state index contributed by atoms with van der Waals surface area (Å²) in [4.78, 5) is 14.5. The summed E-state index contributed by atoms with van der Waals surface area (Å²) in [6.45, 7) is 6.55. The molecule has 0 saturated carbocycles. The lowest BCUT2D eigenvalue weighted by Crippen LogP contribution is -2.50. The molecule has 1 aromatic rings. The monoisotopic (exact) mass is 394 g/mol. The number of rotatable bonds is 6. The van der Waals surface area contributed by atoms with Gasteiger partial charge in [-0.05, 0) is 42.9 Å². The van der Waals surface area contributed by atoms with Crippen LogP contribution in [0.3, 0.4) is 0 Å². The van der Waals surface area contributed by atoms with Crippen molar-refractivity contribution in [1.29, 1.82) is 0 Å². The number of carbonyl (C=O) groups excluding carboxylic acids is 1. The van der Waals surface area contributed by atoms with Gasteiger partial charge in [-0.3, -0.25) is 4.79 Å². The van der Waals surface area contributed by atoms with Gasteiger partial charge < -0.3 is 9.64 Å². The number of sulfonamides is 1. The molecule has 0 bridgehead atoms. The Balaban J connectivity index is 1.58. The Morgan fingerprint density at radius 3 is 2.41 bits per heavy atom. The Bertz CT molecular complexity index is 734. The largest absolute Gasteiger partial charge is 0.378 e. The Morgan fingerprint density at radius 1 is 1.19 bits per heavy atom. The van der Waals surface area contributed by atoms with Crippen molar-refractivity contribution >= 4 is 15.9 Å². The molecule has 1 amide bonds. The molecule has 6 nitrogen and oxygen atoms in total. The molecule has 7 heteroatoms. The van der Waals surface area contributed by atoms with E-state index < -0.39 is 10.0 Å². The second kappa shape index (κ2) is 8.71. The van der Waals surface area contributed by atoms with Gasteiger partial charge >= 0.3 is 0 Å². The molecule has 27 heavy (non-hydrogen) atoms. The summed E-state index contributed by atoms with van der Waals surface area (Å²) in [6, 6.07) is 7.21. The molecule has 3 rings (SSSR count). The maximum atomic E-state index is 12.9. The van der Waals surface area contributed by atoms with E-state index in [-0.39, 0.29) is 12.0 Å². The second-order valence-electron chi connectivity index (χ2n) is 7.50. The highest BCUT2D eigenvalue weighted by Crippen LogP contribution is 2.23. The van der Waals surface area contributed by atoms with Crippen LogP contribution in [-0.2, 0) is 19.6 Å². The maximum Gasteiger partial charge on any atom is 0.243 e. The molecule has 0 spiro atoms. The van der Waals surface area contributed by atoms with Crippen molar-refractivity contribution in [2.75, 3.05) is 32.8 Å². The lowest BCUT2D eigenvalue weighted by molar-refractivity contribution is -0.134. The third-order valence-corrected chi connectivity index (χ3v) is 7.63. The standard InChI is InChI=1S/C20H30N2O4S/c1-3-16(2)17-6-8-19(9-7-17)27(24,25)22-12-10-21(11-13-22)20(23)15-18-5-4-14-26-18/h6-9,16,18H,3-5,10-15H2,1-2H3/t16-,18-/m0/s1. The van der Waals surface area contributed by atoms with Gasteiger partial charge in [-0.15, -0.1) is 0 Å². The fourth-order valence-electron chi connectivity index (χ4n) is 3.66. The summed E-state index contributed by atoms with van der Waals surface area (Å²) in [5.74, 6) is 0.483. The van der Waals surface area contributed by atoms with Crippen LogP contribution in [0.1, 0.15) is 51.0 Å². The Kier molecular flexibility index (Phi) is 6.55. The molecule has 0 aromatic heterocycles. The van der Waals surface area contributed by atoms with E-state index in [2.05, 4.69) is 13.8 Å². The molecule has 150 valence electrons. The minimum atomic E-state index is -3.51. The summed E-state index contributed by atoms with van der Waals surface area (Å²) >= 11 is 0. The third kappa shape index (κ3) is 4.70. The van der Waals surface area contributed by atoms with E-state index in [1.54, 1.807) is 17.0 Å². The molecule has 0 aliphatic carbocycles. The molecule has 0 N–H and O–H groups in total. The predicted molar refractivity (Wildman–Crippen MR) is 104 cm³/mol. The first kappa shape index (κ1) is 20.3. The van der Waals surface area contributed by atoms with Crippen LogP contribution in [0.4, 0.5) is 0 Å². The SMILES string of the molecule is CC[C@H](C)c1ccc(S(=O)(=O)N2CCN(C(=O)C[C@@H]3CCCO3)CC2)cc1. The van der Waals surface area contributed by atoms with Crippen LogP contribution in [0.25, 0.3) is 0 Å². The summed E-state index contributed by atoms with van der Waals surface area (Å²) < 4.78 is 32.8. The summed E-state index contributed by atoms with van der Waals surface area (Å²) in [5.41, 5.74) is 1.15. The van der Waals surface area contributed by atoms with Crippen LogP contribution < -0.4 is 0 Å². The zero-order chi connectivity index (χ0) is 19.4. The molecule has 2 aliphatic rings. The Labute approximate surface area is 162 Å². The molecule has 2 heterocycles. The third-order valence-electron chi connectivity index (χ3n) is 5.72. The predicted octanol–water partition coefficient (Wildman–Crippen LogP) is 2.60. The minimum absolute atomic E-state index is 0.0308. The van der Waals surface area contributed by atoms with Crippen molar-refractivity contribution in [3.63, 3.8) is 0 Å². The highest BCUT2D eigenvalue weighted by molar-refractivity contribution is 7.89. The van der Waals surface area contributed by atoms with Crippen molar-refractivity contribution in [1.82, 2.24) is 9.21 Å². The number of ether oxygens (including phenoxy) is 1. The van der Waals surface area contributed by atoms with Gasteiger partial charge in [-0.2, -0.15) is 4.31 Å². The smallest absolute Gasteiger partial charge is 0.243 e. The zero-order valence-corrected chi connectivity index (χ0v) is 17.1. The molecule has 2 saturated heterocycles. The van der Waals surface area contributed by atoms with E-state index in [0.717, 1.165) is 31.4 Å². The number of carbonyl (C=O) groups is 1. The molecular formula is C20H30N2O4S. The van der Waals surface area contributed by atoms with Gasteiger partial charge in [-0.1, -0.05) is 26.0 Å². The second-order valence-corrected chi connectivity index (χ2v) is 9.44. The van der Waals surface area contributed by atoms with E-state index in [4.69, 9.17) is 4.74 Å². The fourth-order valence-corrected chi connectivity index (χ4v) is 5.08. The number of nitrogens with zero attached hydrogens (tertiary/aromatic N) is 2. The molecule has 2 atom stereocenters. The summed E-state index contributed by atoms with van der Waals surface area (Å²) in [5, 5.41) is 0. The van der Waals surface area contributed by atoms with Crippen molar-refractivity contribution in [3.05, 3.63) is 29.8 Å². The average molecular weight is 395 g/mol. The number of amides is 1. The fraction of sp³-hybridized carbons (Fsp3) is 0.650. The van der Waals surface area contributed by atoms with Gasteiger partial charge in [-0.25, -0.2) is 8.42 Å². The summed E-state index contributed by atoms with van der Waals surface area (Å²) in [7, 11) is -3.51. The van der Waals surface area contributed by atoms with E-state index in [0.29, 0.717) is 43.4 Å². The lowest BCUT2D eigenvalue weighted by atomic mass is 9.99. The minimum Gasteiger partial charge on any atom is -0.378 e. The Hall–Kier alpha value is -1.44. The van der Waals surface area contributed by atoms with Crippen LogP contribution in [-0.4, -0.2) is 62.4 Å². The van der Waals surface area contributed by atoms with Crippen LogP contribution in [0.2, 0.25) is 0 Å². The molecule has 2 aliphatic heterocycles. The van der Waals surface area contributed by atoms with Crippen LogP contribution >= 0.6 is 0 Å².